The van der Waals surface area contributed by atoms with Gasteiger partial charge in [0.1, 0.15) is 0 Å². The summed E-state index contributed by atoms with van der Waals surface area (Å²) in [5.74, 6) is 0. The molecule has 0 fully saturated rings. The van der Waals surface area contributed by atoms with Crippen LogP contribution in [0.4, 0.5) is 0 Å². The zero-order chi connectivity index (χ0) is 13.8. The van der Waals surface area contributed by atoms with Crippen LogP contribution in [0.2, 0.25) is 0 Å². The molecular weight excluding hydrogens is 258 g/mol. The van der Waals surface area contributed by atoms with E-state index in [-0.39, 0.29) is 29.8 Å². The SMILES string of the molecule is COCCN(C(C)C)S(=O)(=O)c1[nH]ncc1CO. The van der Waals surface area contributed by atoms with Crippen LogP contribution in [0.15, 0.2) is 11.2 Å². The van der Waals surface area contributed by atoms with Gasteiger partial charge in [0.2, 0.25) is 0 Å². The molecule has 0 aliphatic heterocycles. The van der Waals surface area contributed by atoms with E-state index in [0.29, 0.717) is 6.61 Å². The summed E-state index contributed by atoms with van der Waals surface area (Å²) in [6.07, 6.45) is 1.31. The quantitative estimate of drug-likeness (QED) is 0.728. The van der Waals surface area contributed by atoms with Gasteiger partial charge in [-0.2, -0.15) is 9.40 Å². The molecule has 104 valence electrons. The van der Waals surface area contributed by atoms with Crippen molar-refractivity contribution in [2.45, 2.75) is 31.5 Å². The molecule has 1 aromatic heterocycles. The number of H-pyrrole nitrogens is 1. The summed E-state index contributed by atoms with van der Waals surface area (Å²) in [5.41, 5.74) is 0.262. The minimum absolute atomic E-state index is 0.0604. The Morgan fingerprint density at radius 3 is 2.72 bits per heavy atom. The van der Waals surface area contributed by atoms with Crippen molar-refractivity contribution in [2.24, 2.45) is 0 Å². The molecular formula is C10H19N3O4S. The van der Waals surface area contributed by atoms with Crippen LogP contribution in [0.5, 0.6) is 0 Å². The summed E-state index contributed by atoms with van der Waals surface area (Å²) in [7, 11) is -2.18. The molecule has 0 amide bonds. The van der Waals surface area contributed by atoms with Gasteiger partial charge >= 0.3 is 0 Å². The largest absolute Gasteiger partial charge is 0.392 e. The number of methoxy groups -OCH3 is 1. The number of ether oxygens (including phenoxy) is 1. The van der Waals surface area contributed by atoms with Crippen molar-refractivity contribution in [1.82, 2.24) is 14.5 Å². The Labute approximate surface area is 107 Å². The second kappa shape index (κ2) is 6.28. The number of hydrogen-bond donors (Lipinski definition) is 2. The second-order valence-corrected chi connectivity index (χ2v) is 5.91. The third-order valence-corrected chi connectivity index (χ3v) is 4.60. The summed E-state index contributed by atoms with van der Waals surface area (Å²) in [6.45, 7) is 3.74. The van der Waals surface area contributed by atoms with Gasteiger partial charge in [-0.25, -0.2) is 8.42 Å². The van der Waals surface area contributed by atoms with E-state index in [1.165, 1.54) is 17.6 Å². The number of aromatic amines is 1. The lowest BCUT2D eigenvalue weighted by Gasteiger charge is -2.25. The van der Waals surface area contributed by atoms with Crippen LogP contribution >= 0.6 is 0 Å². The Balaban J connectivity index is 3.09. The van der Waals surface area contributed by atoms with Crippen molar-refractivity contribution in [2.75, 3.05) is 20.3 Å². The van der Waals surface area contributed by atoms with Crippen LogP contribution in [-0.4, -0.2) is 54.3 Å². The maximum Gasteiger partial charge on any atom is 0.260 e. The van der Waals surface area contributed by atoms with Gasteiger partial charge in [-0.1, -0.05) is 0 Å². The van der Waals surface area contributed by atoms with E-state index in [2.05, 4.69) is 10.2 Å². The van der Waals surface area contributed by atoms with Crippen molar-refractivity contribution >= 4 is 10.0 Å². The standard InChI is InChI=1S/C10H19N3O4S/c1-8(2)13(4-5-17-3)18(15,16)10-9(7-14)6-11-12-10/h6,8,14H,4-5,7H2,1-3H3,(H,11,12). The molecule has 0 aliphatic carbocycles. The molecule has 8 heteroatoms. The summed E-state index contributed by atoms with van der Waals surface area (Å²) < 4.78 is 31.0. The van der Waals surface area contributed by atoms with Crippen molar-refractivity contribution in [3.05, 3.63) is 11.8 Å². The van der Waals surface area contributed by atoms with Gasteiger partial charge in [0, 0.05) is 25.3 Å². The number of nitrogens with one attached hydrogen (secondary N) is 1. The van der Waals surface area contributed by atoms with Gasteiger partial charge in [-0.05, 0) is 13.8 Å². The summed E-state index contributed by atoms with van der Waals surface area (Å²) in [4.78, 5) is 0. The first-order valence-corrected chi connectivity index (χ1v) is 7.03. The van der Waals surface area contributed by atoms with E-state index in [4.69, 9.17) is 9.84 Å². The molecule has 0 atom stereocenters. The van der Waals surface area contributed by atoms with Crippen LogP contribution in [0.3, 0.4) is 0 Å². The predicted molar refractivity (Wildman–Crippen MR) is 65.4 cm³/mol. The first-order chi connectivity index (χ1) is 8.45. The average Bonchev–Trinajstić information content (AvgIpc) is 2.77. The smallest absolute Gasteiger partial charge is 0.260 e. The van der Waals surface area contributed by atoms with Gasteiger partial charge in [-0.3, -0.25) is 5.10 Å². The van der Waals surface area contributed by atoms with Gasteiger partial charge in [0.25, 0.3) is 10.0 Å². The third kappa shape index (κ3) is 3.08. The molecule has 0 aliphatic rings. The first-order valence-electron chi connectivity index (χ1n) is 5.59. The van der Waals surface area contributed by atoms with E-state index >= 15 is 0 Å². The number of sulfonamides is 1. The lowest BCUT2D eigenvalue weighted by atomic mass is 10.4. The van der Waals surface area contributed by atoms with Gasteiger partial charge in [0.05, 0.1) is 19.4 Å². The van der Waals surface area contributed by atoms with Crippen LogP contribution < -0.4 is 0 Å². The lowest BCUT2D eigenvalue weighted by Crippen LogP contribution is -2.39. The fourth-order valence-electron chi connectivity index (χ4n) is 1.59. The number of aliphatic hydroxyl groups excluding tert-OH is 1. The Morgan fingerprint density at radius 2 is 2.22 bits per heavy atom. The molecule has 18 heavy (non-hydrogen) atoms. The van der Waals surface area contributed by atoms with E-state index < -0.39 is 10.0 Å². The first kappa shape index (κ1) is 15.1. The van der Waals surface area contributed by atoms with E-state index in [0.717, 1.165) is 0 Å². The minimum atomic E-state index is -3.70. The number of nitrogens with zero attached hydrogens (tertiary/aromatic N) is 2. The fourth-order valence-corrected chi connectivity index (χ4v) is 3.31. The minimum Gasteiger partial charge on any atom is -0.392 e. The van der Waals surface area contributed by atoms with E-state index in [9.17, 15) is 8.42 Å². The average molecular weight is 277 g/mol. The molecule has 0 aromatic carbocycles. The summed E-state index contributed by atoms with van der Waals surface area (Å²) in [6, 6.07) is -0.208. The normalized spacial score (nSPS) is 12.6. The fraction of sp³-hybridized carbons (Fsp3) is 0.700. The van der Waals surface area contributed by atoms with Crippen molar-refractivity contribution in [3.63, 3.8) is 0 Å². The van der Waals surface area contributed by atoms with Gasteiger partial charge in [0.15, 0.2) is 5.03 Å². The van der Waals surface area contributed by atoms with Crippen molar-refractivity contribution in [3.8, 4) is 0 Å². The van der Waals surface area contributed by atoms with Crippen molar-refractivity contribution < 1.29 is 18.3 Å². The molecule has 0 unspecified atom stereocenters. The third-order valence-electron chi connectivity index (χ3n) is 2.51. The Hall–Kier alpha value is -0.960. The highest BCUT2D eigenvalue weighted by atomic mass is 32.2. The Morgan fingerprint density at radius 1 is 1.56 bits per heavy atom. The molecule has 0 bridgehead atoms. The predicted octanol–water partition coefficient (Wildman–Crippen LogP) is -0.0525. The Kier molecular flexibility index (Phi) is 5.27. The highest BCUT2D eigenvalue weighted by Gasteiger charge is 2.30. The lowest BCUT2D eigenvalue weighted by molar-refractivity contribution is 0.170. The molecule has 1 rings (SSSR count). The van der Waals surface area contributed by atoms with Crippen LogP contribution in [0.25, 0.3) is 0 Å². The van der Waals surface area contributed by atoms with Gasteiger partial charge in [-0.15, -0.1) is 0 Å². The number of hydrogen-bond acceptors (Lipinski definition) is 5. The zero-order valence-electron chi connectivity index (χ0n) is 10.8. The second-order valence-electron chi connectivity index (χ2n) is 4.08. The molecule has 0 radical (unpaired) electrons. The molecule has 1 aromatic rings. The monoisotopic (exact) mass is 277 g/mol. The van der Waals surface area contributed by atoms with E-state index in [1.807, 2.05) is 0 Å². The maximum atomic E-state index is 12.4. The highest BCUT2D eigenvalue weighted by Crippen LogP contribution is 2.19. The topological polar surface area (TPSA) is 95.5 Å². The molecule has 2 N–H and O–H groups in total. The Bertz CT molecular complexity index is 469. The molecule has 1 heterocycles. The van der Waals surface area contributed by atoms with Crippen LogP contribution in [-0.2, 0) is 21.4 Å². The van der Waals surface area contributed by atoms with Crippen molar-refractivity contribution in [1.29, 1.82) is 0 Å². The number of rotatable bonds is 7. The zero-order valence-corrected chi connectivity index (χ0v) is 11.6. The molecule has 7 nitrogen and oxygen atoms in total. The molecule has 0 spiro atoms. The highest BCUT2D eigenvalue weighted by molar-refractivity contribution is 7.89. The maximum absolute atomic E-state index is 12.4. The molecule has 0 saturated carbocycles. The van der Waals surface area contributed by atoms with Crippen LogP contribution in [0, 0.1) is 0 Å². The summed E-state index contributed by atoms with van der Waals surface area (Å²) in [5, 5.41) is 15.1. The molecule has 0 saturated heterocycles. The van der Waals surface area contributed by atoms with Gasteiger partial charge < -0.3 is 9.84 Å². The van der Waals surface area contributed by atoms with Crippen LogP contribution in [0.1, 0.15) is 19.4 Å². The summed E-state index contributed by atoms with van der Waals surface area (Å²) >= 11 is 0. The number of aliphatic hydroxyl groups is 1. The van der Waals surface area contributed by atoms with E-state index in [1.54, 1.807) is 13.8 Å². The number of aromatic nitrogens is 2.